The van der Waals surface area contributed by atoms with Gasteiger partial charge in [-0.25, -0.2) is 4.98 Å². The van der Waals surface area contributed by atoms with Crippen LogP contribution >= 0.6 is 47.5 Å². The first-order valence-corrected chi connectivity index (χ1v) is 9.04. The van der Waals surface area contributed by atoms with Crippen molar-refractivity contribution in [1.29, 1.82) is 0 Å². The van der Waals surface area contributed by atoms with Crippen molar-refractivity contribution in [3.63, 3.8) is 0 Å². The highest BCUT2D eigenvalue weighted by Gasteiger charge is 2.26. The fourth-order valence-electron chi connectivity index (χ4n) is 2.81. The zero-order chi connectivity index (χ0) is 14.7. The molecule has 1 amide bonds. The van der Waals surface area contributed by atoms with E-state index in [0.29, 0.717) is 18.2 Å². The van der Waals surface area contributed by atoms with Crippen LogP contribution in [0, 0.1) is 5.92 Å². The van der Waals surface area contributed by atoms with Gasteiger partial charge in [0, 0.05) is 11.4 Å². The van der Waals surface area contributed by atoms with Gasteiger partial charge in [-0.05, 0) is 36.8 Å². The lowest BCUT2D eigenvalue weighted by atomic mass is 9.84. The molecule has 1 saturated carbocycles. The third-order valence-electron chi connectivity index (χ3n) is 4.00. The smallest absolute Gasteiger partial charge is 0.271 e. The van der Waals surface area contributed by atoms with E-state index < -0.39 is 0 Å². The molecule has 3 rings (SSSR count). The number of thiazole rings is 1. The van der Waals surface area contributed by atoms with Gasteiger partial charge < -0.3 is 11.1 Å². The van der Waals surface area contributed by atoms with Crippen molar-refractivity contribution in [2.45, 2.75) is 31.7 Å². The van der Waals surface area contributed by atoms with Crippen molar-refractivity contribution < 1.29 is 4.79 Å². The van der Waals surface area contributed by atoms with Crippen LogP contribution < -0.4 is 11.1 Å². The summed E-state index contributed by atoms with van der Waals surface area (Å²) < 4.78 is 0. The largest absolute Gasteiger partial charge is 0.348 e. The van der Waals surface area contributed by atoms with Crippen molar-refractivity contribution >= 4 is 53.4 Å². The van der Waals surface area contributed by atoms with Crippen LogP contribution in [0.15, 0.2) is 22.9 Å². The third kappa shape index (κ3) is 4.90. The number of nitrogens with two attached hydrogens (primary N) is 1. The molecule has 0 bridgehead atoms. The average Bonchev–Trinajstić information content (AvgIpc) is 3.18. The number of hydrogen-bond donors (Lipinski definition) is 2. The first-order chi connectivity index (χ1) is 10.3. The Morgan fingerprint density at radius 2 is 2.09 bits per heavy atom. The Hall–Kier alpha value is -0.660. The lowest BCUT2D eigenvalue weighted by Crippen LogP contribution is -2.44. The predicted molar refractivity (Wildman–Crippen MR) is 102 cm³/mol. The Kier molecular flexibility index (Phi) is 8.50. The first kappa shape index (κ1) is 20.4. The normalized spacial score (nSPS) is 20.2. The lowest BCUT2D eigenvalue weighted by Gasteiger charge is -2.31. The molecule has 1 aliphatic rings. The highest BCUT2D eigenvalue weighted by molar-refractivity contribution is 7.20. The van der Waals surface area contributed by atoms with Crippen molar-refractivity contribution in [3.8, 4) is 9.88 Å². The predicted octanol–water partition coefficient (Wildman–Crippen LogP) is 3.96. The van der Waals surface area contributed by atoms with Crippen LogP contribution in [0.4, 0.5) is 0 Å². The Bertz CT molecular complexity index is 604. The van der Waals surface area contributed by atoms with Crippen LogP contribution in [0.5, 0.6) is 0 Å². The second-order valence-corrected chi connectivity index (χ2v) is 7.18. The summed E-state index contributed by atoms with van der Waals surface area (Å²) in [5.41, 5.74) is 6.33. The van der Waals surface area contributed by atoms with Crippen LogP contribution in [-0.2, 0) is 0 Å². The van der Waals surface area contributed by atoms with Crippen molar-refractivity contribution in [2.75, 3.05) is 6.54 Å². The number of amides is 1. The summed E-state index contributed by atoms with van der Waals surface area (Å²) >= 11 is 3.16. The van der Waals surface area contributed by atoms with Gasteiger partial charge in [0.25, 0.3) is 5.91 Å². The molecule has 2 aromatic rings. The van der Waals surface area contributed by atoms with E-state index in [-0.39, 0.29) is 36.8 Å². The Morgan fingerprint density at radius 1 is 1.30 bits per heavy atom. The summed E-state index contributed by atoms with van der Waals surface area (Å²) in [5.74, 6) is 0.331. The SMILES string of the molecule is Cl.Cl.NCC1CCCCC1NC(=O)c1csc(-c2cccs2)n1. The Balaban J connectivity index is 0.00000132. The number of carbonyl (C=O) groups excluding carboxylic acids is 1. The zero-order valence-corrected chi connectivity index (χ0v) is 15.8. The van der Waals surface area contributed by atoms with Gasteiger partial charge in [0.2, 0.25) is 0 Å². The molecule has 0 saturated heterocycles. The molecule has 0 aromatic carbocycles. The standard InChI is InChI=1S/C15H19N3OS2.2ClH/c16-8-10-4-1-2-5-11(10)17-14(19)12-9-21-15(18-12)13-6-3-7-20-13;;/h3,6-7,9-11H,1-2,4-5,8,16H2,(H,17,19);2*1H. The molecule has 0 spiro atoms. The number of nitrogens with zero attached hydrogens (tertiary/aromatic N) is 1. The molecular formula is C15H21Cl2N3OS2. The van der Waals surface area contributed by atoms with Crippen LogP contribution in [-0.4, -0.2) is 23.5 Å². The number of halogens is 2. The maximum Gasteiger partial charge on any atom is 0.271 e. The molecule has 2 heterocycles. The second kappa shape index (κ2) is 9.59. The molecule has 3 N–H and O–H groups in total. The maximum atomic E-state index is 12.4. The Labute approximate surface area is 156 Å². The van der Waals surface area contributed by atoms with E-state index in [1.165, 1.54) is 24.2 Å². The summed E-state index contributed by atoms with van der Waals surface area (Å²) in [6, 6.07) is 4.22. The highest BCUT2D eigenvalue weighted by Crippen LogP contribution is 2.28. The molecule has 1 fully saturated rings. The number of thiophene rings is 1. The van der Waals surface area contributed by atoms with Gasteiger partial charge >= 0.3 is 0 Å². The van der Waals surface area contributed by atoms with E-state index in [9.17, 15) is 4.79 Å². The Morgan fingerprint density at radius 3 is 2.78 bits per heavy atom. The zero-order valence-electron chi connectivity index (χ0n) is 12.6. The van der Waals surface area contributed by atoms with E-state index >= 15 is 0 Å². The quantitative estimate of drug-likeness (QED) is 0.825. The number of nitrogens with one attached hydrogen (secondary N) is 1. The van der Waals surface area contributed by atoms with Crippen LogP contribution in [0.25, 0.3) is 9.88 Å². The van der Waals surface area contributed by atoms with Crippen LogP contribution in [0.2, 0.25) is 0 Å². The van der Waals surface area contributed by atoms with Gasteiger partial charge in [0.05, 0.1) is 4.88 Å². The van der Waals surface area contributed by atoms with Gasteiger partial charge in [-0.1, -0.05) is 18.9 Å². The van der Waals surface area contributed by atoms with E-state index in [1.807, 2.05) is 22.9 Å². The van der Waals surface area contributed by atoms with Gasteiger partial charge in [-0.2, -0.15) is 0 Å². The molecule has 2 unspecified atom stereocenters. The molecule has 128 valence electrons. The minimum Gasteiger partial charge on any atom is -0.348 e. The third-order valence-corrected chi connectivity index (χ3v) is 5.88. The maximum absolute atomic E-state index is 12.4. The van der Waals surface area contributed by atoms with Gasteiger partial charge in [0.1, 0.15) is 10.7 Å². The highest BCUT2D eigenvalue weighted by atomic mass is 35.5. The molecule has 4 nitrogen and oxygen atoms in total. The minimum absolute atomic E-state index is 0. The summed E-state index contributed by atoms with van der Waals surface area (Å²) in [4.78, 5) is 17.9. The molecular weight excluding hydrogens is 373 g/mol. The van der Waals surface area contributed by atoms with Gasteiger partial charge in [-0.15, -0.1) is 47.5 Å². The van der Waals surface area contributed by atoms with Gasteiger partial charge in [0.15, 0.2) is 0 Å². The fourth-order valence-corrected chi connectivity index (χ4v) is 4.43. The average molecular weight is 394 g/mol. The van der Waals surface area contributed by atoms with Gasteiger partial charge in [-0.3, -0.25) is 4.79 Å². The molecule has 0 aliphatic heterocycles. The van der Waals surface area contributed by atoms with E-state index in [1.54, 1.807) is 11.3 Å². The fraction of sp³-hybridized carbons (Fsp3) is 0.467. The topological polar surface area (TPSA) is 68.0 Å². The monoisotopic (exact) mass is 393 g/mol. The molecule has 0 radical (unpaired) electrons. The van der Waals surface area contributed by atoms with E-state index in [0.717, 1.165) is 22.7 Å². The first-order valence-electron chi connectivity index (χ1n) is 7.28. The summed E-state index contributed by atoms with van der Waals surface area (Å²) in [6.07, 6.45) is 4.51. The van der Waals surface area contributed by atoms with Crippen LogP contribution in [0.1, 0.15) is 36.2 Å². The minimum atomic E-state index is -0.0700. The molecule has 2 atom stereocenters. The summed E-state index contributed by atoms with van der Waals surface area (Å²) in [5, 5.41) is 7.89. The number of carbonyl (C=O) groups is 1. The second-order valence-electron chi connectivity index (χ2n) is 5.38. The summed E-state index contributed by atoms with van der Waals surface area (Å²) in [6.45, 7) is 0.641. The molecule has 2 aromatic heterocycles. The number of hydrogen-bond acceptors (Lipinski definition) is 5. The van der Waals surface area contributed by atoms with Crippen molar-refractivity contribution in [1.82, 2.24) is 10.3 Å². The van der Waals surface area contributed by atoms with Crippen molar-refractivity contribution in [2.24, 2.45) is 11.7 Å². The van der Waals surface area contributed by atoms with Crippen molar-refractivity contribution in [3.05, 3.63) is 28.6 Å². The number of aromatic nitrogens is 1. The lowest BCUT2D eigenvalue weighted by molar-refractivity contribution is 0.0904. The van der Waals surface area contributed by atoms with Crippen LogP contribution in [0.3, 0.4) is 0 Å². The molecule has 1 aliphatic carbocycles. The summed E-state index contributed by atoms with van der Waals surface area (Å²) in [7, 11) is 0. The van der Waals surface area contributed by atoms with E-state index in [4.69, 9.17) is 5.73 Å². The molecule has 23 heavy (non-hydrogen) atoms. The van der Waals surface area contributed by atoms with E-state index in [2.05, 4.69) is 10.3 Å². The molecule has 8 heteroatoms. The number of rotatable bonds is 4.